The highest BCUT2D eigenvalue weighted by Gasteiger charge is 2.26. The summed E-state index contributed by atoms with van der Waals surface area (Å²) in [4.78, 5) is 27.6. The van der Waals surface area contributed by atoms with Gasteiger partial charge in [-0.25, -0.2) is 0 Å². The first-order valence-electron chi connectivity index (χ1n) is 12.0. The summed E-state index contributed by atoms with van der Waals surface area (Å²) in [5.74, 6) is 0.652. The normalized spacial score (nSPS) is 21.2. The number of hydrogen-bond donors (Lipinski definition) is 1. The number of hydrogen-bond acceptors (Lipinski definition) is 3. The molecule has 1 N–H and O–H groups in total. The average molecular weight is 446 g/mol. The molecule has 2 aromatic carbocycles. The summed E-state index contributed by atoms with van der Waals surface area (Å²) in [5.41, 5.74) is 2.63. The lowest BCUT2D eigenvalue weighted by atomic mass is 9.85. The van der Waals surface area contributed by atoms with Crippen LogP contribution in [0.15, 0.2) is 60.8 Å². The topological polar surface area (TPSA) is 63.6 Å². The van der Waals surface area contributed by atoms with E-state index < -0.39 is 0 Å². The van der Waals surface area contributed by atoms with Gasteiger partial charge in [0.25, 0.3) is 11.8 Å². The number of aromatic nitrogens is 1. The molecule has 1 saturated heterocycles. The number of para-hydroxylation sites is 1. The average Bonchev–Trinajstić information content (AvgIpc) is 3.24. The zero-order chi connectivity index (χ0) is 22.6. The van der Waals surface area contributed by atoms with Crippen molar-refractivity contribution >= 4 is 22.7 Å². The number of fused-ring (bicyclic) bond motifs is 1. The van der Waals surface area contributed by atoms with Crippen LogP contribution in [-0.4, -0.2) is 53.6 Å². The quantitative estimate of drug-likeness (QED) is 0.643. The van der Waals surface area contributed by atoms with Crippen LogP contribution in [0.3, 0.4) is 0 Å². The molecule has 172 valence electrons. The summed E-state index contributed by atoms with van der Waals surface area (Å²) in [6, 6.07) is 17.9. The van der Waals surface area contributed by atoms with Gasteiger partial charge in [0.2, 0.25) is 0 Å². The maximum Gasteiger partial charge on any atom is 0.256 e. The first kappa shape index (κ1) is 21.7. The van der Waals surface area contributed by atoms with Crippen molar-refractivity contribution in [2.24, 2.45) is 5.92 Å². The monoisotopic (exact) mass is 445 g/mol. The van der Waals surface area contributed by atoms with Gasteiger partial charge in [0.1, 0.15) is 0 Å². The van der Waals surface area contributed by atoms with E-state index in [4.69, 9.17) is 4.74 Å². The minimum Gasteiger partial charge on any atom is -0.378 e. The van der Waals surface area contributed by atoms with Gasteiger partial charge in [0.05, 0.1) is 18.8 Å². The fourth-order valence-electron chi connectivity index (χ4n) is 5.13. The number of nitrogens with one attached hydrogen (secondary N) is 1. The molecule has 6 heteroatoms. The first-order valence-corrected chi connectivity index (χ1v) is 12.0. The molecule has 1 aromatic heterocycles. The number of rotatable bonds is 5. The predicted molar refractivity (Wildman–Crippen MR) is 128 cm³/mol. The fourth-order valence-corrected chi connectivity index (χ4v) is 5.13. The summed E-state index contributed by atoms with van der Waals surface area (Å²) >= 11 is 0. The van der Waals surface area contributed by atoms with Gasteiger partial charge in [-0.15, -0.1) is 0 Å². The van der Waals surface area contributed by atoms with Gasteiger partial charge in [0, 0.05) is 48.3 Å². The van der Waals surface area contributed by atoms with Crippen molar-refractivity contribution in [2.75, 3.05) is 26.3 Å². The van der Waals surface area contributed by atoms with Gasteiger partial charge in [-0.1, -0.05) is 36.4 Å². The number of ether oxygens (including phenoxy) is 1. The SMILES string of the molecule is O=C(NC1CCC(Cn2cc(C(=O)N3CCOCC3)c3ccccc32)CC1)c1ccccc1. The Hall–Kier alpha value is -3.12. The van der Waals surface area contributed by atoms with E-state index in [9.17, 15) is 9.59 Å². The van der Waals surface area contributed by atoms with Crippen LogP contribution in [-0.2, 0) is 11.3 Å². The van der Waals surface area contributed by atoms with Crippen LogP contribution in [0, 0.1) is 5.92 Å². The summed E-state index contributed by atoms with van der Waals surface area (Å²) in [5, 5.41) is 4.22. The van der Waals surface area contributed by atoms with E-state index in [1.807, 2.05) is 53.6 Å². The summed E-state index contributed by atoms with van der Waals surface area (Å²) in [7, 11) is 0. The van der Waals surface area contributed by atoms with Crippen molar-refractivity contribution in [3.63, 3.8) is 0 Å². The van der Waals surface area contributed by atoms with Crippen molar-refractivity contribution in [1.29, 1.82) is 0 Å². The lowest BCUT2D eigenvalue weighted by Gasteiger charge is -2.29. The molecule has 0 radical (unpaired) electrons. The highest BCUT2D eigenvalue weighted by atomic mass is 16.5. The van der Waals surface area contributed by atoms with E-state index in [0.29, 0.717) is 32.2 Å². The van der Waals surface area contributed by atoms with Crippen molar-refractivity contribution in [3.05, 3.63) is 71.9 Å². The Kier molecular flexibility index (Phi) is 6.44. The molecule has 1 aliphatic heterocycles. The smallest absolute Gasteiger partial charge is 0.256 e. The number of carbonyl (C=O) groups excluding carboxylic acids is 2. The number of benzene rings is 2. The van der Waals surface area contributed by atoms with Crippen LogP contribution >= 0.6 is 0 Å². The first-order chi connectivity index (χ1) is 16.2. The maximum atomic E-state index is 13.2. The van der Waals surface area contributed by atoms with Crippen LogP contribution in [0.4, 0.5) is 0 Å². The minimum absolute atomic E-state index is 0.0155. The van der Waals surface area contributed by atoms with Gasteiger partial charge in [-0.3, -0.25) is 9.59 Å². The molecule has 1 saturated carbocycles. The molecule has 2 amide bonds. The molecule has 5 rings (SSSR count). The number of morpholine rings is 1. The van der Waals surface area contributed by atoms with Crippen LogP contribution in [0.1, 0.15) is 46.4 Å². The molecule has 2 heterocycles. The molecule has 2 fully saturated rings. The fraction of sp³-hybridized carbons (Fsp3) is 0.407. The van der Waals surface area contributed by atoms with Crippen LogP contribution in [0.2, 0.25) is 0 Å². The molecule has 0 unspecified atom stereocenters. The van der Waals surface area contributed by atoms with Gasteiger partial charge < -0.3 is 19.5 Å². The van der Waals surface area contributed by atoms with Crippen molar-refractivity contribution in [3.8, 4) is 0 Å². The Bertz CT molecular complexity index is 1110. The third-order valence-corrected chi connectivity index (χ3v) is 6.99. The predicted octanol–water partition coefficient (Wildman–Crippen LogP) is 4.10. The van der Waals surface area contributed by atoms with E-state index in [1.165, 1.54) is 0 Å². The number of carbonyl (C=O) groups is 2. The van der Waals surface area contributed by atoms with Crippen molar-refractivity contribution in [2.45, 2.75) is 38.3 Å². The minimum atomic E-state index is 0.0155. The highest BCUT2D eigenvalue weighted by molar-refractivity contribution is 6.07. The van der Waals surface area contributed by atoms with Gasteiger partial charge in [-0.05, 0) is 49.8 Å². The molecule has 6 nitrogen and oxygen atoms in total. The molecule has 1 aliphatic carbocycles. The van der Waals surface area contributed by atoms with Crippen LogP contribution in [0.5, 0.6) is 0 Å². The zero-order valence-electron chi connectivity index (χ0n) is 18.9. The van der Waals surface area contributed by atoms with E-state index in [-0.39, 0.29) is 17.9 Å². The lowest BCUT2D eigenvalue weighted by Crippen LogP contribution is -2.40. The lowest BCUT2D eigenvalue weighted by molar-refractivity contribution is 0.0304. The van der Waals surface area contributed by atoms with E-state index in [1.54, 1.807) is 0 Å². The van der Waals surface area contributed by atoms with E-state index in [0.717, 1.165) is 54.3 Å². The Morgan fingerprint density at radius 2 is 1.61 bits per heavy atom. The second-order valence-electron chi connectivity index (χ2n) is 9.17. The third-order valence-electron chi connectivity index (χ3n) is 6.99. The van der Waals surface area contributed by atoms with E-state index >= 15 is 0 Å². The molecule has 0 atom stereocenters. The second kappa shape index (κ2) is 9.79. The van der Waals surface area contributed by atoms with Crippen LogP contribution < -0.4 is 5.32 Å². The molecular formula is C27H31N3O3. The van der Waals surface area contributed by atoms with Crippen molar-refractivity contribution < 1.29 is 14.3 Å². The van der Waals surface area contributed by atoms with Gasteiger partial charge in [0.15, 0.2) is 0 Å². The Balaban J connectivity index is 1.24. The standard InChI is InChI=1S/C27H31N3O3/c31-26(21-6-2-1-3-7-21)28-22-12-10-20(11-13-22)18-30-19-24(23-8-4-5-9-25(23)30)27(32)29-14-16-33-17-15-29/h1-9,19-20,22H,10-18H2,(H,28,31). The Morgan fingerprint density at radius 3 is 2.36 bits per heavy atom. The molecule has 3 aromatic rings. The summed E-state index contributed by atoms with van der Waals surface area (Å²) in [6.45, 7) is 3.41. The summed E-state index contributed by atoms with van der Waals surface area (Å²) < 4.78 is 7.67. The van der Waals surface area contributed by atoms with Crippen LogP contribution in [0.25, 0.3) is 10.9 Å². The molecule has 0 bridgehead atoms. The molecule has 0 spiro atoms. The van der Waals surface area contributed by atoms with Gasteiger partial charge >= 0.3 is 0 Å². The Morgan fingerprint density at radius 1 is 0.909 bits per heavy atom. The Labute approximate surface area is 194 Å². The third kappa shape index (κ3) is 4.81. The largest absolute Gasteiger partial charge is 0.378 e. The van der Waals surface area contributed by atoms with Crippen molar-refractivity contribution in [1.82, 2.24) is 14.8 Å². The molecular weight excluding hydrogens is 414 g/mol. The maximum absolute atomic E-state index is 13.2. The highest BCUT2D eigenvalue weighted by Crippen LogP contribution is 2.29. The zero-order valence-corrected chi connectivity index (χ0v) is 18.9. The van der Waals surface area contributed by atoms with E-state index in [2.05, 4.69) is 22.0 Å². The molecule has 2 aliphatic rings. The number of nitrogens with zero attached hydrogens (tertiary/aromatic N) is 2. The number of amides is 2. The van der Waals surface area contributed by atoms with Gasteiger partial charge in [-0.2, -0.15) is 0 Å². The molecule has 33 heavy (non-hydrogen) atoms. The second-order valence-corrected chi connectivity index (χ2v) is 9.17. The summed E-state index contributed by atoms with van der Waals surface area (Å²) in [6.07, 6.45) is 6.16.